The zero-order valence-electron chi connectivity index (χ0n) is 10.4. The van der Waals surface area contributed by atoms with E-state index in [2.05, 4.69) is 28.2 Å². The van der Waals surface area contributed by atoms with E-state index in [0.717, 1.165) is 31.1 Å². The monoisotopic (exact) mass is 284 g/mol. The maximum absolute atomic E-state index is 8.83. The number of thiazole rings is 1. The molecule has 0 atom stereocenters. The quantitative estimate of drug-likeness (QED) is 0.924. The highest BCUT2D eigenvalue weighted by atomic mass is 35.5. The number of nitrogens with zero attached hydrogens (tertiary/aromatic N) is 3. The van der Waals surface area contributed by atoms with Gasteiger partial charge in [0.2, 0.25) is 0 Å². The number of anilines is 1. The molecule has 0 aliphatic carbocycles. The SMILES string of the molecule is CCCN1CCC(Nc2nc(Cl)c(C#N)s2)CC1. The van der Waals surface area contributed by atoms with Gasteiger partial charge in [0.05, 0.1) is 0 Å². The Bertz CT molecular complexity index is 432. The molecule has 1 N–H and O–H groups in total. The first-order valence-electron chi connectivity index (χ1n) is 6.28. The number of rotatable bonds is 4. The molecule has 0 aromatic carbocycles. The second-order valence-electron chi connectivity index (χ2n) is 4.51. The van der Waals surface area contributed by atoms with E-state index in [9.17, 15) is 0 Å². The van der Waals surface area contributed by atoms with Crippen molar-refractivity contribution < 1.29 is 0 Å². The minimum Gasteiger partial charge on any atom is -0.359 e. The number of nitrogens with one attached hydrogen (secondary N) is 1. The summed E-state index contributed by atoms with van der Waals surface area (Å²) in [6, 6.07) is 2.50. The number of aromatic nitrogens is 1. The third-order valence-corrected chi connectivity index (χ3v) is 4.42. The molecular weight excluding hydrogens is 268 g/mol. The second kappa shape index (κ2) is 6.37. The van der Waals surface area contributed by atoms with Crippen molar-refractivity contribution in [3.63, 3.8) is 0 Å². The van der Waals surface area contributed by atoms with Gasteiger partial charge in [0.1, 0.15) is 10.9 Å². The van der Waals surface area contributed by atoms with Crippen molar-refractivity contribution in [2.24, 2.45) is 0 Å². The number of halogens is 1. The smallest absolute Gasteiger partial charge is 0.185 e. The first kappa shape index (κ1) is 13.6. The minimum atomic E-state index is 0.313. The van der Waals surface area contributed by atoms with Gasteiger partial charge >= 0.3 is 0 Å². The highest BCUT2D eigenvalue weighted by molar-refractivity contribution is 7.16. The molecule has 0 saturated carbocycles. The summed E-state index contributed by atoms with van der Waals surface area (Å²) in [6.07, 6.45) is 3.46. The molecule has 1 aliphatic rings. The third-order valence-electron chi connectivity index (χ3n) is 3.14. The van der Waals surface area contributed by atoms with E-state index < -0.39 is 0 Å². The summed E-state index contributed by atoms with van der Waals surface area (Å²) >= 11 is 7.19. The molecule has 6 heteroatoms. The molecule has 98 valence electrons. The van der Waals surface area contributed by atoms with E-state index >= 15 is 0 Å². The van der Waals surface area contributed by atoms with Gasteiger partial charge in [-0.2, -0.15) is 5.26 Å². The van der Waals surface area contributed by atoms with Crippen LogP contribution in [0.2, 0.25) is 5.15 Å². The molecule has 1 aromatic heterocycles. The van der Waals surface area contributed by atoms with Crippen LogP contribution in [-0.2, 0) is 0 Å². The number of likely N-dealkylation sites (tertiary alicyclic amines) is 1. The van der Waals surface area contributed by atoms with Crippen molar-refractivity contribution in [1.29, 1.82) is 5.26 Å². The Hall–Kier alpha value is -0.830. The third kappa shape index (κ3) is 3.35. The van der Waals surface area contributed by atoms with Crippen LogP contribution in [0.5, 0.6) is 0 Å². The van der Waals surface area contributed by atoms with Crippen molar-refractivity contribution in [3.8, 4) is 6.07 Å². The zero-order chi connectivity index (χ0) is 13.0. The molecule has 1 aliphatic heterocycles. The summed E-state index contributed by atoms with van der Waals surface area (Å²) in [4.78, 5) is 7.15. The van der Waals surface area contributed by atoms with Crippen molar-refractivity contribution in [1.82, 2.24) is 9.88 Å². The fourth-order valence-electron chi connectivity index (χ4n) is 2.22. The van der Waals surface area contributed by atoms with Crippen LogP contribution in [0.25, 0.3) is 0 Å². The van der Waals surface area contributed by atoms with Crippen LogP contribution < -0.4 is 5.32 Å². The highest BCUT2D eigenvalue weighted by Gasteiger charge is 2.20. The lowest BCUT2D eigenvalue weighted by molar-refractivity contribution is 0.219. The van der Waals surface area contributed by atoms with E-state index in [4.69, 9.17) is 16.9 Å². The van der Waals surface area contributed by atoms with Gasteiger partial charge < -0.3 is 10.2 Å². The predicted molar refractivity (Wildman–Crippen MR) is 75.2 cm³/mol. The molecule has 0 bridgehead atoms. The maximum Gasteiger partial charge on any atom is 0.185 e. The van der Waals surface area contributed by atoms with Gasteiger partial charge in [-0.05, 0) is 25.8 Å². The first-order chi connectivity index (χ1) is 8.72. The van der Waals surface area contributed by atoms with E-state index in [-0.39, 0.29) is 0 Å². The summed E-state index contributed by atoms with van der Waals surface area (Å²) in [7, 11) is 0. The Morgan fingerprint density at radius 2 is 2.28 bits per heavy atom. The lowest BCUT2D eigenvalue weighted by Gasteiger charge is -2.31. The van der Waals surface area contributed by atoms with Gasteiger partial charge in [-0.1, -0.05) is 29.9 Å². The van der Waals surface area contributed by atoms with Crippen LogP contribution in [0.3, 0.4) is 0 Å². The van der Waals surface area contributed by atoms with E-state index in [1.807, 2.05) is 0 Å². The van der Waals surface area contributed by atoms with Gasteiger partial charge in [-0.3, -0.25) is 0 Å². The normalized spacial score (nSPS) is 17.6. The van der Waals surface area contributed by atoms with E-state index in [0.29, 0.717) is 16.1 Å². The number of hydrogen-bond acceptors (Lipinski definition) is 5. The average molecular weight is 285 g/mol. The zero-order valence-corrected chi connectivity index (χ0v) is 12.0. The van der Waals surface area contributed by atoms with Crippen LogP contribution >= 0.6 is 22.9 Å². The molecule has 0 spiro atoms. The topological polar surface area (TPSA) is 52.0 Å². The molecule has 2 heterocycles. The number of nitriles is 1. The summed E-state index contributed by atoms with van der Waals surface area (Å²) in [6.45, 7) is 5.67. The summed E-state index contributed by atoms with van der Waals surface area (Å²) in [5.41, 5.74) is 0. The van der Waals surface area contributed by atoms with Crippen LogP contribution in [0.15, 0.2) is 0 Å². The van der Waals surface area contributed by atoms with Gasteiger partial charge in [-0.25, -0.2) is 4.98 Å². The number of piperidine rings is 1. The maximum atomic E-state index is 8.83. The van der Waals surface area contributed by atoms with Crippen molar-refractivity contribution >= 4 is 28.1 Å². The fraction of sp³-hybridized carbons (Fsp3) is 0.667. The van der Waals surface area contributed by atoms with Crippen LogP contribution in [0, 0.1) is 11.3 Å². The van der Waals surface area contributed by atoms with Crippen molar-refractivity contribution in [2.75, 3.05) is 25.0 Å². The molecular formula is C12H17ClN4S. The molecule has 2 rings (SSSR count). The lowest BCUT2D eigenvalue weighted by Crippen LogP contribution is -2.39. The first-order valence-corrected chi connectivity index (χ1v) is 7.47. The molecule has 0 amide bonds. The van der Waals surface area contributed by atoms with Crippen molar-refractivity contribution in [2.45, 2.75) is 32.2 Å². The highest BCUT2D eigenvalue weighted by Crippen LogP contribution is 2.27. The minimum absolute atomic E-state index is 0.313. The molecule has 0 radical (unpaired) electrons. The standard InChI is InChI=1S/C12H17ClN4S/c1-2-5-17-6-3-9(4-7-17)15-12-16-11(13)10(8-14)18-12/h9H,2-7H2,1H3,(H,15,16). The van der Waals surface area contributed by atoms with E-state index in [1.165, 1.54) is 24.3 Å². The summed E-state index contributed by atoms with van der Waals surface area (Å²) in [5.74, 6) is 0. The van der Waals surface area contributed by atoms with Crippen LogP contribution in [-0.4, -0.2) is 35.6 Å². The largest absolute Gasteiger partial charge is 0.359 e. The molecule has 1 aromatic rings. The Morgan fingerprint density at radius 1 is 1.56 bits per heavy atom. The Morgan fingerprint density at radius 3 is 2.83 bits per heavy atom. The van der Waals surface area contributed by atoms with Gasteiger partial charge in [-0.15, -0.1) is 0 Å². The number of hydrogen-bond donors (Lipinski definition) is 1. The summed E-state index contributed by atoms with van der Waals surface area (Å²) in [5, 5.41) is 13.3. The van der Waals surface area contributed by atoms with E-state index in [1.54, 1.807) is 0 Å². The van der Waals surface area contributed by atoms with Crippen molar-refractivity contribution in [3.05, 3.63) is 10.0 Å². The average Bonchev–Trinajstić information content (AvgIpc) is 2.72. The molecule has 1 saturated heterocycles. The Balaban J connectivity index is 1.86. The molecule has 0 unspecified atom stereocenters. The van der Waals surface area contributed by atoms with Crippen LogP contribution in [0.1, 0.15) is 31.1 Å². The van der Waals surface area contributed by atoms with Gasteiger partial charge in [0, 0.05) is 19.1 Å². The predicted octanol–water partition coefficient (Wildman–Crippen LogP) is 2.95. The lowest BCUT2D eigenvalue weighted by atomic mass is 10.1. The van der Waals surface area contributed by atoms with Crippen LogP contribution in [0.4, 0.5) is 5.13 Å². The molecule has 4 nitrogen and oxygen atoms in total. The Labute approximate surface area is 117 Å². The molecule has 18 heavy (non-hydrogen) atoms. The second-order valence-corrected chi connectivity index (χ2v) is 5.87. The Kier molecular flexibility index (Phi) is 4.81. The van der Waals surface area contributed by atoms with Gasteiger partial charge in [0.15, 0.2) is 10.3 Å². The molecule has 1 fully saturated rings. The summed E-state index contributed by atoms with van der Waals surface area (Å²) < 4.78 is 0. The van der Waals surface area contributed by atoms with Gasteiger partial charge in [0.25, 0.3) is 0 Å². The fourth-order valence-corrected chi connectivity index (χ4v) is 3.25.